The molecule has 2 heterocycles. The maximum absolute atomic E-state index is 10.8. The van der Waals surface area contributed by atoms with Gasteiger partial charge >= 0.3 is 5.97 Å². The van der Waals surface area contributed by atoms with Crippen molar-refractivity contribution in [2.75, 3.05) is 5.75 Å². The third-order valence-corrected chi connectivity index (χ3v) is 4.01. The number of thioether (sulfide) groups is 1. The van der Waals surface area contributed by atoms with Crippen LogP contribution < -0.4 is 5.32 Å². The van der Waals surface area contributed by atoms with Gasteiger partial charge in [0, 0.05) is 11.1 Å². The summed E-state index contributed by atoms with van der Waals surface area (Å²) in [6.45, 7) is 0. The van der Waals surface area contributed by atoms with Gasteiger partial charge in [-0.25, -0.2) is 0 Å². The minimum Gasteiger partial charge on any atom is -0.480 e. The van der Waals surface area contributed by atoms with Crippen LogP contribution in [0.3, 0.4) is 0 Å². The number of hydrogen-bond acceptors (Lipinski definition) is 4. The Hall–Kier alpha value is -1.46. The third-order valence-electron chi connectivity index (χ3n) is 2.78. The molecule has 88 valence electrons. The molecule has 17 heavy (non-hydrogen) atoms. The number of hydrogen-bond donors (Lipinski definition) is 2. The molecular formula is C12H11NO3S. The minimum absolute atomic E-state index is 0.0662. The second-order valence-corrected chi connectivity index (χ2v) is 5.10. The van der Waals surface area contributed by atoms with Crippen LogP contribution in [0.5, 0.6) is 0 Å². The number of nitrogens with one attached hydrogen (secondary N) is 1. The molecule has 0 amide bonds. The molecule has 1 aliphatic rings. The van der Waals surface area contributed by atoms with E-state index < -0.39 is 12.0 Å². The summed E-state index contributed by atoms with van der Waals surface area (Å²) < 4.78 is 5.70. The standard InChI is InChI=1S/C12H11NO3S/c14-12(15)8-6-17-11(13-8)10-5-7-3-1-2-4-9(7)16-10/h1-5,8,11,13H,6H2,(H,14,15)/t8-,11?/m0/s1. The Bertz CT molecular complexity index is 533. The smallest absolute Gasteiger partial charge is 0.321 e. The van der Waals surface area contributed by atoms with Crippen LogP contribution in [0.1, 0.15) is 11.1 Å². The summed E-state index contributed by atoms with van der Waals surface area (Å²) >= 11 is 1.56. The fraction of sp³-hybridized carbons (Fsp3) is 0.250. The van der Waals surface area contributed by atoms with Gasteiger partial charge in [-0.2, -0.15) is 0 Å². The zero-order valence-corrected chi connectivity index (χ0v) is 9.74. The van der Waals surface area contributed by atoms with E-state index in [9.17, 15) is 4.79 Å². The largest absolute Gasteiger partial charge is 0.480 e. The van der Waals surface area contributed by atoms with Crippen molar-refractivity contribution in [3.05, 3.63) is 36.1 Å². The molecule has 5 heteroatoms. The molecule has 4 nitrogen and oxygen atoms in total. The number of para-hydroxylation sites is 1. The van der Waals surface area contributed by atoms with Gasteiger partial charge in [0.25, 0.3) is 0 Å². The first-order chi connectivity index (χ1) is 8.24. The lowest BCUT2D eigenvalue weighted by atomic mass is 10.2. The van der Waals surface area contributed by atoms with Crippen molar-refractivity contribution in [3.63, 3.8) is 0 Å². The van der Waals surface area contributed by atoms with Crippen LogP contribution >= 0.6 is 11.8 Å². The summed E-state index contributed by atoms with van der Waals surface area (Å²) in [6, 6.07) is 9.24. The zero-order chi connectivity index (χ0) is 11.8. The van der Waals surface area contributed by atoms with Crippen molar-refractivity contribution in [2.45, 2.75) is 11.4 Å². The van der Waals surface area contributed by atoms with E-state index in [0.717, 1.165) is 16.7 Å². The number of rotatable bonds is 2. The minimum atomic E-state index is -0.809. The van der Waals surface area contributed by atoms with Gasteiger partial charge in [-0.15, -0.1) is 11.8 Å². The average Bonchev–Trinajstić information content (AvgIpc) is 2.95. The molecule has 1 fully saturated rings. The summed E-state index contributed by atoms with van der Waals surface area (Å²) in [7, 11) is 0. The van der Waals surface area contributed by atoms with Gasteiger partial charge in [0.05, 0.1) is 0 Å². The molecule has 1 unspecified atom stereocenters. The maximum atomic E-state index is 10.8. The van der Waals surface area contributed by atoms with Gasteiger partial charge < -0.3 is 9.52 Å². The Morgan fingerprint density at radius 2 is 2.29 bits per heavy atom. The summed E-state index contributed by atoms with van der Waals surface area (Å²) in [6.07, 6.45) is 0. The van der Waals surface area contributed by atoms with Gasteiger partial charge in [0.15, 0.2) is 0 Å². The second-order valence-electron chi connectivity index (χ2n) is 3.96. The van der Waals surface area contributed by atoms with E-state index in [1.165, 1.54) is 0 Å². The molecule has 2 aromatic rings. The lowest BCUT2D eigenvalue weighted by molar-refractivity contribution is -0.138. The number of fused-ring (bicyclic) bond motifs is 1. The van der Waals surface area contributed by atoms with E-state index >= 15 is 0 Å². The fourth-order valence-electron chi connectivity index (χ4n) is 1.91. The molecule has 1 aliphatic heterocycles. The predicted octanol–water partition coefficient (Wildman–Crippen LogP) is 2.22. The van der Waals surface area contributed by atoms with Crippen LogP contribution in [-0.2, 0) is 4.79 Å². The van der Waals surface area contributed by atoms with E-state index in [1.807, 2.05) is 30.3 Å². The quantitative estimate of drug-likeness (QED) is 0.854. The van der Waals surface area contributed by atoms with Crippen LogP contribution in [0.4, 0.5) is 0 Å². The molecule has 0 spiro atoms. The maximum Gasteiger partial charge on any atom is 0.321 e. The number of aliphatic carboxylic acids is 1. The Morgan fingerprint density at radius 1 is 1.47 bits per heavy atom. The Labute approximate surface area is 102 Å². The van der Waals surface area contributed by atoms with Crippen molar-refractivity contribution in [3.8, 4) is 0 Å². The lowest BCUT2D eigenvalue weighted by Gasteiger charge is -2.06. The molecule has 2 N–H and O–H groups in total. The first-order valence-corrected chi connectivity index (χ1v) is 6.38. The first-order valence-electron chi connectivity index (χ1n) is 5.33. The zero-order valence-electron chi connectivity index (χ0n) is 8.92. The molecule has 1 saturated heterocycles. The molecule has 0 bridgehead atoms. The molecular weight excluding hydrogens is 238 g/mol. The van der Waals surface area contributed by atoms with E-state index in [2.05, 4.69) is 5.32 Å². The summed E-state index contributed by atoms with van der Waals surface area (Å²) in [4.78, 5) is 10.8. The van der Waals surface area contributed by atoms with E-state index in [4.69, 9.17) is 9.52 Å². The highest BCUT2D eigenvalue weighted by Gasteiger charge is 2.32. The monoisotopic (exact) mass is 249 g/mol. The molecule has 0 radical (unpaired) electrons. The number of benzene rings is 1. The SMILES string of the molecule is O=C(O)[C@@H]1CSC(c2cc3ccccc3o2)N1. The van der Waals surface area contributed by atoms with Crippen molar-refractivity contribution < 1.29 is 14.3 Å². The number of furan rings is 1. The first kappa shape index (κ1) is 10.7. The van der Waals surface area contributed by atoms with Crippen molar-refractivity contribution in [1.82, 2.24) is 5.32 Å². The van der Waals surface area contributed by atoms with Crippen LogP contribution in [0.2, 0.25) is 0 Å². The topological polar surface area (TPSA) is 62.5 Å². The van der Waals surface area contributed by atoms with Crippen LogP contribution in [0, 0.1) is 0 Å². The second kappa shape index (κ2) is 4.09. The van der Waals surface area contributed by atoms with Gasteiger partial charge in [0.1, 0.15) is 22.8 Å². The van der Waals surface area contributed by atoms with Crippen molar-refractivity contribution in [1.29, 1.82) is 0 Å². The average molecular weight is 249 g/mol. The van der Waals surface area contributed by atoms with Crippen LogP contribution in [-0.4, -0.2) is 22.9 Å². The van der Waals surface area contributed by atoms with E-state index in [0.29, 0.717) is 5.75 Å². The van der Waals surface area contributed by atoms with Crippen LogP contribution in [0.15, 0.2) is 34.7 Å². The fourth-order valence-corrected chi connectivity index (χ4v) is 3.07. The number of carboxylic acid groups (broad SMARTS) is 1. The summed E-state index contributed by atoms with van der Waals surface area (Å²) in [5.41, 5.74) is 0.837. The predicted molar refractivity (Wildman–Crippen MR) is 66.0 cm³/mol. The van der Waals surface area contributed by atoms with E-state index in [1.54, 1.807) is 11.8 Å². The van der Waals surface area contributed by atoms with Gasteiger partial charge in [-0.05, 0) is 12.1 Å². The van der Waals surface area contributed by atoms with Gasteiger partial charge in [-0.3, -0.25) is 10.1 Å². The van der Waals surface area contributed by atoms with Crippen molar-refractivity contribution >= 4 is 28.7 Å². The highest BCUT2D eigenvalue weighted by molar-refractivity contribution is 7.99. The highest BCUT2D eigenvalue weighted by Crippen LogP contribution is 2.35. The molecule has 0 saturated carbocycles. The molecule has 2 atom stereocenters. The molecule has 1 aromatic heterocycles. The molecule has 1 aromatic carbocycles. The molecule has 3 rings (SSSR count). The Balaban J connectivity index is 1.87. The Kier molecular flexibility index (Phi) is 2.57. The molecule has 0 aliphatic carbocycles. The van der Waals surface area contributed by atoms with Gasteiger partial charge in [-0.1, -0.05) is 18.2 Å². The normalized spacial score (nSPS) is 24.2. The number of carboxylic acids is 1. The highest BCUT2D eigenvalue weighted by atomic mass is 32.2. The van der Waals surface area contributed by atoms with E-state index in [-0.39, 0.29) is 5.37 Å². The number of carbonyl (C=O) groups is 1. The third kappa shape index (κ3) is 1.92. The van der Waals surface area contributed by atoms with Crippen LogP contribution in [0.25, 0.3) is 11.0 Å². The Morgan fingerprint density at radius 3 is 3.00 bits per heavy atom. The lowest BCUT2D eigenvalue weighted by Crippen LogP contribution is -2.33. The summed E-state index contributed by atoms with van der Waals surface area (Å²) in [5, 5.41) is 12.9. The van der Waals surface area contributed by atoms with Crippen molar-refractivity contribution in [2.24, 2.45) is 0 Å². The summed E-state index contributed by atoms with van der Waals surface area (Å²) in [5.74, 6) is 0.549. The van der Waals surface area contributed by atoms with Gasteiger partial charge in [0.2, 0.25) is 0 Å².